The first-order chi connectivity index (χ1) is 11.4. The highest BCUT2D eigenvalue weighted by molar-refractivity contribution is 7.86. The van der Waals surface area contributed by atoms with E-state index in [1.807, 2.05) is 0 Å². The normalized spacial score (nSPS) is 29.7. The fourth-order valence-corrected chi connectivity index (χ4v) is 5.69. The van der Waals surface area contributed by atoms with Crippen molar-refractivity contribution in [3.63, 3.8) is 0 Å². The van der Waals surface area contributed by atoms with Crippen LogP contribution in [0.1, 0.15) is 12.8 Å². The molecule has 3 aliphatic rings. The summed E-state index contributed by atoms with van der Waals surface area (Å²) >= 11 is 0. The lowest BCUT2D eigenvalue weighted by Crippen LogP contribution is -2.69. The van der Waals surface area contributed by atoms with Crippen LogP contribution in [-0.2, 0) is 10.2 Å². The van der Waals surface area contributed by atoms with E-state index in [1.54, 1.807) is 4.31 Å². The van der Waals surface area contributed by atoms with E-state index in [0.717, 1.165) is 0 Å². The summed E-state index contributed by atoms with van der Waals surface area (Å²) in [6.07, 6.45) is 1.64. The molecule has 0 aromatic heterocycles. The zero-order valence-corrected chi connectivity index (χ0v) is 14.7. The zero-order valence-electron chi connectivity index (χ0n) is 13.8. The van der Waals surface area contributed by atoms with Gasteiger partial charge in [-0.2, -0.15) is 17.0 Å². The molecule has 3 saturated heterocycles. The molecule has 0 aromatic carbocycles. The van der Waals surface area contributed by atoms with Crippen molar-refractivity contribution in [2.24, 2.45) is 11.7 Å². The van der Waals surface area contributed by atoms with Crippen LogP contribution in [0.15, 0.2) is 0 Å². The summed E-state index contributed by atoms with van der Waals surface area (Å²) in [5.41, 5.74) is 6.15. The molecule has 0 aromatic rings. The maximum Gasteiger partial charge on any atom is 0.451 e. The quantitative estimate of drug-likeness (QED) is 0.291. The lowest BCUT2D eigenvalue weighted by atomic mass is 9.82. The molecule has 0 unspecified atom stereocenters. The SMILES string of the molecule is N[C@H]1CN(S(=O)(=O)N(C2CNC2)C2CNC2)C[C@@H]1CCCB(O)O. The van der Waals surface area contributed by atoms with Crippen LogP contribution in [0.4, 0.5) is 0 Å². The van der Waals surface area contributed by atoms with Gasteiger partial charge in [0, 0.05) is 45.3 Å². The van der Waals surface area contributed by atoms with Gasteiger partial charge in [-0.3, -0.25) is 0 Å². The van der Waals surface area contributed by atoms with Crippen LogP contribution in [-0.4, -0.2) is 91.6 Å². The first-order valence-electron chi connectivity index (χ1n) is 8.71. The van der Waals surface area contributed by atoms with E-state index in [9.17, 15) is 8.42 Å². The Labute approximate surface area is 143 Å². The van der Waals surface area contributed by atoms with Crippen LogP contribution < -0.4 is 16.4 Å². The number of nitrogens with two attached hydrogens (primary N) is 1. The molecular weight excluding hydrogens is 333 g/mol. The highest BCUT2D eigenvalue weighted by atomic mass is 32.2. The second kappa shape index (κ2) is 7.54. The standard InChI is InChI=1S/C13H28BN5O4S/c15-13-9-18(8-10(13)2-1-3-14(20)21)24(22,23)19(11-4-16-5-11)12-6-17-7-12/h10-13,16-17,20-21H,1-9,15H2/t10-,13-/m0/s1. The van der Waals surface area contributed by atoms with Crippen molar-refractivity contribution in [2.45, 2.75) is 37.3 Å². The average molecular weight is 361 g/mol. The molecule has 0 bridgehead atoms. The third-order valence-corrected chi connectivity index (χ3v) is 7.41. The van der Waals surface area contributed by atoms with Crippen molar-refractivity contribution in [1.29, 1.82) is 0 Å². The van der Waals surface area contributed by atoms with E-state index in [1.165, 1.54) is 4.31 Å². The molecule has 0 saturated carbocycles. The largest absolute Gasteiger partial charge is 0.451 e. The Hall–Kier alpha value is -0.265. The average Bonchev–Trinajstić information content (AvgIpc) is 2.76. The molecule has 11 heteroatoms. The van der Waals surface area contributed by atoms with Crippen LogP contribution in [0.2, 0.25) is 6.32 Å². The molecule has 3 aliphatic heterocycles. The molecule has 3 fully saturated rings. The predicted molar refractivity (Wildman–Crippen MR) is 91.3 cm³/mol. The van der Waals surface area contributed by atoms with Crippen molar-refractivity contribution in [1.82, 2.24) is 19.2 Å². The van der Waals surface area contributed by atoms with Crippen LogP contribution in [0, 0.1) is 5.92 Å². The third kappa shape index (κ3) is 3.78. The smallest absolute Gasteiger partial charge is 0.427 e. The first-order valence-corrected chi connectivity index (χ1v) is 10.1. The van der Waals surface area contributed by atoms with Crippen LogP contribution in [0.5, 0.6) is 0 Å². The first kappa shape index (κ1) is 18.5. The molecule has 0 amide bonds. The monoisotopic (exact) mass is 361 g/mol. The number of nitrogens with one attached hydrogen (secondary N) is 2. The Morgan fingerprint density at radius 1 is 1.12 bits per heavy atom. The molecule has 138 valence electrons. The van der Waals surface area contributed by atoms with Gasteiger partial charge >= 0.3 is 7.12 Å². The van der Waals surface area contributed by atoms with Gasteiger partial charge in [0.05, 0.1) is 12.1 Å². The fourth-order valence-electron chi connectivity index (χ4n) is 3.63. The number of hydrogen-bond acceptors (Lipinski definition) is 7. The summed E-state index contributed by atoms with van der Waals surface area (Å²) in [7, 11) is -4.83. The minimum atomic E-state index is -3.52. The Morgan fingerprint density at radius 2 is 1.71 bits per heavy atom. The van der Waals surface area contributed by atoms with Crippen LogP contribution in [0.25, 0.3) is 0 Å². The summed E-state index contributed by atoms with van der Waals surface area (Å²) < 4.78 is 29.5. The van der Waals surface area contributed by atoms with Crippen LogP contribution in [0.3, 0.4) is 0 Å². The topological polar surface area (TPSA) is 131 Å². The third-order valence-electron chi connectivity index (χ3n) is 5.33. The summed E-state index contributed by atoms with van der Waals surface area (Å²) in [6.45, 7) is 3.56. The molecule has 0 aliphatic carbocycles. The summed E-state index contributed by atoms with van der Waals surface area (Å²) in [4.78, 5) is 0. The Morgan fingerprint density at radius 3 is 2.17 bits per heavy atom. The molecule has 2 atom stereocenters. The molecule has 3 heterocycles. The van der Waals surface area contributed by atoms with Gasteiger partial charge in [-0.05, 0) is 18.7 Å². The van der Waals surface area contributed by atoms with E-state index in [4.69, 9.17) is 15.8 Å². The maximum absolute atomic E-state index is 13.1. The fraction of sp³-hybridized carbons (Fsp3) is 1.00. The van der Waals surface area contributed by atoms with Crippen molar-refractivity contribution < 1.29 is 18.5 Å². The van der Waals surface area contributed by atoms with Gasteiger partial charge < -0.3 is 26.4 Å². The zero-order chi connectivity index (χ0) is 17.3. The van der Waals surface area contributed by atoms with Crippen molar-refractivity contribution >= 4 is 17.3 Å². The van der Waals surface area contributed by atoms with E-state index < -0.39 is 17.3 Å². The molecule has 24 heavy (non-hydrogen) atoms. The minimum absolute atomic E-state index is 0.0295. The van der Waals surface area contributed by atoms with E-state index in [-0.39, 0.29) is 24.0 Å². The van der Waals surface area contributed by atoms with Gasteiger partial charge in [0.25, 0.3) is 10.2 Å². The Kier molecular flexibility index (Phi) is 5.82. The number of hydrogen-bond donors (Lipinski definition) is 5. The lowest BCUT2D eigenvalue weighted by molar-refractivity contribution is 0.143. The van der Waals surface area contributed by atoms with Gasteiger partial charge in [0.15, 0.2) is 0 Å². The maximum atomic E-state index is 13.1. The van der Waals surface area contributed by atoms with Gasteiger partial charge in [0.1, 0.15) is 0 Å². The van der Waals surface area contributed by atoms with E-state index in [0.29, 0.717) is 58.4 Å². The molecular formula is C13H28BN5O4S. The highest BCUT2D eigenvalue weighted by Gasteiger charge is 2.47. The van der Waals surface area contributed by atoms with Gasteiger partial charge in [-0.15, -0.1) is 0 Å². The summed E-state index contributed by atoms with van der Waals surface area (Å²) in [5.74, 6) is 0.0689. The van der Waals surface area contributed by atoms with Crippen molar-refractivity contribution in [3.8, 4) is 0 Å². The van der Waals surface area contributed by atoms with Gasteiger partial charge in [-0.1, -0.05) is 6.42 Å². The molecule has 3 rings (SSSR count). The molecule has 0 radical (unpaired) electrons. The second-order valence-electron chi connectivity index (χ2n) is 7.11. The van der Waals surface area contributed by atoms with Gasteiger partial charge in [0.2, 0.25) is 0 Å². The summed E-state index contributed by atoms with van der Waals surface area (Å²) in [5, 5.41) is 24.2. The van der Waals surface area contributed by atoms with E-state index in [2.05, 4.69) is 10.6 Å². The Balaban J connectivity index is 1.63. The summed E-state index contributed by atoms with van der Waals surface area (Å²) in [6, 6.07) is -0.139. The molecule has 6 N–H and O–H groups in total. The minimum Gasteiger partial charge on any atom is -0.427 e. The lowest BCUT2D eigenvalue weighted by Gasteiger charge is -2.46. The van der Waals surface area contributed by atoms with Crippen LogP contribution >= 0.6 is 0 Å². The molecule has 9 nitrogen and oxygen atoms in total. The second-order valence-corrected chi connectivity index (χ2v) is 8.95. The molecule has 0 spiro atoms. The number of nitrogens with zero attached hydrogens (tertiary/aromatic N) is 2. The number of rotatable bonds is 8. The van der Waals surface area contributed by atoms with Crippen molar-refractivity contribution in [3.05, 3.63) is 0 Å². The highest BCUT2D eigenvalue weighted by Crippen LogP contribution is 2.28. The van der Waals surface area contributed by atoms with E-state index >= 15 is 0 Å². The van der Waals surface area contributed by atoms with Gasteiger partial charge in [-0.25, -0.2) is 0 Å². The van der Waals surface area contributed by atoms with Crippen molar-refractivity contribution in [2.75, 3.05) is 39.3 Å². The Bertz CT molecular complexity index is 514. The predicted octanol–water partition coefficient (Wildman–Crippen LogP) is -3.01.